The lowest BCUT2D eigenvalue weighted by Gasteiger charge is -2.38. The third-order valence-corrected chi connectivity index (χ3v) is 5.78. The van der Waals surface area contributed by atoms with Gasteiger partial charge in [-0.25, -0.2) is 0 Å². The third-order valence-electron chi connectivity index (χ3n) is 5.34. The highest BCUT2D eigenvalue weighted by molar-refractivity contribution is 6.35. The molecule has 1 aliphatic carbocycles. The van der Waals surface area contributed by atoms with Crippen LogP contribution >= 0.6 is 23.2 Å². The second-order valence-electron chi connectivity index (χ2n) is 7.09. The second kappa shape index (κ2) is 6.68. The standard InChI is InChI=1S/C18H20Cl2N2O4/c19-12-9-13(20)11-14(10-12)21-15(23)17(1-2-17)16(24)22-5-3-18(4-6-22)25-7-8-26-18/h9-11H,1-8H2,(H,21,23). The highest BCUT2D eigenvalue weighted by Gasteiger charge is 2.58. The summed E-state index contributed by atoms with van der Waals surface area (Å²) < 4.78 is 11.4. The van der Waals surface area contributed by atoms with Crippen LogP contribution in [0.5, 0.6) is 0 Å². The minimum absolute atomic E-state index is 0.115. The van der Waals surface area contributed by atoms with Crippen LogP contribution in [0.3, 0.4) is 0 Å². The topological polar surface area (TPSA) is 67.9 Å². The first-order valence-corrected chi connectivity index (χ1v) is 9.53. The molecule has 2 heterocycles. The highest BCUT2D eigenvalue weighted by atomic mass is 35.5. The first-order valence-electron chi connectivity index (χ1n) is 8.77. The van der Waals surface area contributed by atoms with E-state index in [2.05, 4.69) is 5.32 Å². The molecule has 4 rings (SSSR count). The number of hydrogen-bond acceptors (Lipinski definition) is 4. The Balaban J connectivity index is 1.41. The van der Waals surface area contributed by atoms with Crippen LogP contribution in [0.15, 0.2) is 18.2 Å². The van der Waals surface area contributed by atoms with Gasteiger partial charge in [0.05, 0.1) is 13.2 Å². The third kappa shape index (κ3) is 3.31. The van der Waals surface area contributed by atoms with E-state index >= 15 is 0 Å². The Labute approximate surface area is 161 Å². The maximum absolute atomic E-state index is 13.0. The number of carbonyl (C=O) groups excluding carboxylic acids is 2. The van der Waals surface area contributed by atoms with E-state index in [1.807, 2.05) is 0 Å². The van der Waals surface area contributed by atoms with Gasteiger partial charge in [-0.2, -0.15) is 0 Å². The largest absolute Gasteiger partial charge is 0.347 e. The number of piperidine rings is 1. The summed E-state index contributed by atoms with van der Waals surface area (Å²) in [7, 11) is 0. The Kier molecular flexibility index (Phi) is 4.63. The molecule has 1 N–H and O–H groups in total. The zero-order chi connectivity index (χ0) is 18.4. The van der Waals surface area contributed by atoms with Crippen molar-refractivity contribution in [3.8, 4) is 0 Å². The summed E-state index contributed by atoms with van der Waals surface area (Å²) in [5, 5.41) is 3.65. The van der Waals surface area contributed by atoms with Gasteiger partial charge in [-0.05, 0) is 31.0 Å². The van der Waals surface area contributed by atoms with E-state index in [-0.39, 0.29) is 11.8 Å². The van der Waals surface area contributed by atoms with Gasteiger partial charge in [0, 0.05) is 41.7 Å². The number of nitrogens with one attached hydrogen (secondary N) is 1. The van der Waals surface area contributed by atoms with Crippen LogP contribution in [-0.2, 0) is 19.1 Å². The van der Waals surface area contributed by atoms with Crippen LogP contribution in [-0.4, -0.2) is 48.8 Å². The van der Waals surface area contributed by atoms with Gasteiger partial charge in [0.1, 0.15) is 5.41 Å². The van der Waals surface area contributed by atoms with E-state index in [0.29, 0.717) is 67.7 Å². The van der Waals surface area contributed by atoms with Crippen LogP contribution in [0, 0.1) is 5.41 Å². The van der Waals surface area contributed by atoms with E-state index in [0.717, 1.165) is 0 Å². The average Bonchev–Trinajstić information content (AvgIpc) is 3.30. The second-order valence-corrected chi connectivity index (χ2v) is 7.97. The Morgan fingerprint density at radius 3 is 2.08 bits per heavy atom. The summed E-state index contributed by atoms with van der Waals surface area (Å²) in [6, 6.07) is 4.82. The number of hydrogen-bond donors (Lipinski definition) is 1. The molecule has 1 aromatic carbocycles. The molecule has 1 aromatic rings. The zero-order valence-corrected chi connectivity index (χ0v) is 15.7. The predicted molar refractivity (Wildman–Crippen MR) is 97.2 cm³/mol. The van der Waals surface area contributed by atoms with Gasteiger partial charge >= 0.3 is 0 Å². The smallest absolute Gasteiger partial charge is 0.240 e. The number of amides is 2. The van der Waals surface area contributed by atoms with Gasteiger partial charge in [-0.15, -0.1) is 0 Å². The van der Waals surface area contributed by atoms with Crippen molar-refractivity contribution in [2.45, 2.75) is 31.5 Å². The highest BCUT2D eigenvalue weighted by Crippen LogP contribution is 2.49. The monoisotopic (exact) mass is 398 g/mol. The Morgan fingerprint density at radius 2 is 1.54 bits per heavy atom. The van der Waals surface area contributed by atoms with Gasteiger partial charge in [0.2, 0.25) is 11.8 Å². The van der Waals surface area contributed by atoms with Crippen LogP contribution in [0.4, 0.5) is 5.69 Å². The van der Waals surface area contributed by atoms with Gasteiger partial charge < -0.3 is 19.7 Å². The van der Waals surface area contributed by atoms with E-state index in [1.165, 1.54) is 0 Å². The first-order chi connectivity index (χ1) is 12.4. The van der Waals surface area contributed by atoms with Crippen LogP contribution in [0.25, 0.3) is 0 Å². The van der Waals surface area contributed by atoms with Gasteiger partial charge in [0.15, 0.2) is 5.79 Å². The number of ether oxygens (including phenoxy) is 2. The summed E-state index contributed by atoms with van der Waals surface area (Å²) in [5.74, 6) is -0.946. The van der Waals surface area contributed by atoms with Crippen molar-refractivity contribution in [1.82, 2.24) is 4.90 Å². The summed E-state index contributed by atoms with van der Waals surface area (Å²) in [6.07, 6.45) is 2.39. The van der Waals surface area contributed by atoms with E-state index in [4.69, 9.17) is 32.7 Å². The van der Waals surface area contributed by atoms with Crippen LogP contribution < -0.4 is 5.32 Å². The number of carbonyl (C=O) groups is 2. The number of likely N-dealkylation sites (tertiary alicyclic amines) is 1. The summed E-state index contributed by atoms with van der Waals surface area (Å²) >= 11 is 11.9. The molecule has 0 aromatic heterocycles. The van der Waals surface area contributed by atoms with Crippen molar-refractivity contribution < 1.29 is 19.1 Å². The van der Waals surface area contributed by atoms with E-state index in [9.17, 15) is 9.59 Å². The lowest BCUT2D eigenvalue weighted by atomic mass is 9.98. The number of nitrogens with zero attached hydrogens (tertiary/aromatic N) is 1. The van der Waals surface area contributed by atoms with Crippen molar-refractivity contribution in [1.29, 1.82) is 0 Å². The Hall–Kier alpha value is -1.34. The lowest BCUT2D eigenvalue weighted by Crippen LogP contribution is -2.51. The van der Waals surface area contributed by atoms with Crippen molar-refractivity contribution >= 4 is 40.7 Å². The van der Waals surface area contributed by atoms with Crippen molar-refractivity contribution in [2.75, 3.05) is 31.6 Å². The molecule has 0 atom stereocenters. The molecule has 1 spiro atoms. The van der Waals surface area contributed by atoms with Crippen LogP contribution in [0.2, 0.25) is 10.0 Å². The summed E-state index contributed by atoms with van der Waals surface area (Å²) in [6.45, 7) is 2.28. The molecular formula is C18H20Cl2N2O4. The molecule has 8 heteroatoms. The molecule has 0 bridgehead atoms. The normalized spacial score (nSPS) is 23.1. The molecule has 1 saturated carbocycles. The number of anilines is 1. The zero-order valence-electron chi connectivity index (χ0n) is 14.2. The van der Waals surface area contributed by atoms with Crippen LogP contribution in [0.1, 0.15) is 25.7 Å². The molecule has 0 radical (unpaired) electrons. The molecule has 140 valence electrons. The average molecular weight is 399 g/mol. The quantitative estimate of drug-likeness (QED) is 0.794. The minimum Gasteiger partial charge on any atom is -0.347 e. The molecule has 3 aliphatic rings. The number of benzene rings is 1. The van der Waals surface area contributed by atoms with Crippen molar-refractivity contribution in [3.05, 3.63) is 28.2 Å². The fraction of sp³-hybridized carbons (Fsp3) is 0.556. The fourth-order valence-electron chi connectivity index (χ4n) is 3.68. The maximum Gasteiger partial charge on any atom is 0.240 e. The Morgan fingerprint density at radius 1 is 0.962 bits per heavy atom. The van der Waals surface area contributed by atoms with Gasteiger partial charge in [0.25, 0.3) is 0 Å². The fourth-order valence-corrected chi connectivity index (χ4v) is 4.20. The molecule has 2 amide bonds. The summed E-state index contributed by atoms with van der Waals surface area (Å²) in [4.78, 5) is 27.5. The number of rotatable bonds is 3. The maximum atomic E-state index is 13.0. The molecule has 2 aliphatic heterocycles. The van der Waals surface area contributed by atoms with Gasteiger partial charge in [-0.1, -0.05) is 23.2 Å². The lowest BCUT2D eigenvalue weighted by molar-refractivity contribution is -0.188. The van der Waals surface area contributed by atoms with Crippen molar-refractivity contribution in [2.24, 2.45) is 5.41 Å². The minimum atomic E-state index is -0.976. The molecular weight excluding hydrogens is 379 g/mol. The molecule has 6 nitrogen and oxygen atoms in total. The summed E-state index contributed by atoms with van der Waals surface area (Å²) in [5.41, 5.74) is -0.478. The predicted octanol–water partition coefficient (Wildman–Crippen LogP) is 3.08. The molecule has 0 unspecified atom stereocenters. The van der Waals surface area contributed by atoms with Crippen molar-refractivity contribution in [3.63, 3.8) is 0 Å². The SMILES string of the molecule is O=C(Nc1cc(Cl)cc(Cl)c1)C1(C(=O)N2CCC3(CC2)OCCO3)CC1. The molecule has 3 fully saturated rings. The van der Waals surface area contributed by atoms with E-state index in [1.54, 1.807) is 23.1 Å². The molecule has 2 saturated heterocycles. The molecule has 26 heavy (non-hydrogen) atoms. The Bertz CT molecular complexity index is 714. The van der Waals surface area contributed by atoms with E-state index < -0.39 is 11.2 Å². The number of halogens is 2. The van der Waals surface area contributed by atoms with Gasteiger partial charge in [-0.3, -0.25) is 9.59 Å². The first kappa shape index (κ1) is 18.0.